The van der Waals surface area contributed by atoms with Gasteiger partial charge in [-0.25, -0.2) is 4.39 Å². The molecule has 3 N–H and O–H groups in total. The number of methoxy groups -OCH3 is 1. The van der Waals surface area contributed by atoms with Gasteiger partial charge in [-0.3, -0.25) is 14.4 Å². The van der Waals surface area contributed by atoms with E-state index in [1.54, 1.807) is 54.6 Å². The summed E-state index contributed by atoms with van der Waals surface area (Å²) in [5, 5.41) is 7.81. The molecule has 33 heavy (non-hydrogen) atoms. The summed E-state index contributed by atoms with van der Waals surface area (Å²) in [6, 6.07) is 18.8. The summed E-state index contributed by atoms with van der Waals surface area (Å²) < 4.78 is 23.9. The molecule has 3 amide bonds. The summed E-state index contributed by atoms with van der Waals surface area (Å²) >= 11 is 0. The van der Waals surface area contributed by atoms with Crippen LogP contribution in [0.5, 0.6) is 5.75 Å². The van der Waals surface area contributed by atoms with E-state index in [9.17, 15) is 18.8 Å². The molecule has 9 heteroatoms. The van der Waals surface area contributed by atoms with E-state index in [4.69, 9.17) is 9.47 Å². The molecule has 0 atom stereocenters. The van der Waals surface area contributed by atoms with Gasteiger partial charge in [-0.05, 0) is 48.5 Å². The lowest BCUT2D eigenvalue weighted by Gasteiger charge is -2.12. The largest absolute Gasteiger partial charge is 0.483 e. The Balaban J connectivity index is 1.60. The molecular weight excluding hydrogens is 429 g/mol. The third kappa shape index (κ3) is 6.88. The minimum absolute atomic E-state index is 0.0407. The summed E-state index contributed by atoms with van der Waals surface area (Å²) in [6.45, 7) is -0.470. The average molecular weight is 451 g/mol. The molecule has 3 rings (SSSR count). The fraction of sp³-hybridized carbons (Fsp3) is 0.125. The first-order chi connectivity index (χ1) is 16.0. The van der Waals surface area contributed by atoms with Crippen molar-refractivity contribution in [3.8, 4) is 5.75 Å². The molecule has 0 unspecified atom stereocenters. The van der Waals surface area contributed by atoms with Gasteiger partial charge in [0.2, 0.25) is 5.91 Å². The zero-order valence-electron chi connectivity index (χ0n) is 17.8. The van der Waals surface area contributed by atoms with E-state index in [1.165, 1.54) is 25.3 Å². The molecule has 8 nitrogen and oxygen atoms in total. The first-order valence-electron chi connectivity index (χ1n) is 9.92. The Bertz CT molecular complexity index is 1130. The number of para-hydroxylation sites is 2. The quantitative estimate of drug-likeness (QED) is 0.460. The van der Waals surface area contributed by atoms with Gasteiger partial charge in [0.1, 0.15) is 18.2 Å². The molecule has 3 aromatic carbocycles. The van der Waals surface area contributed by atoms with E-state index in [1.807, 2.05) is 0 Å². The maximum atomic E-state index is 13.7. The third-order valence-corrected chi connectivity index (χ3v) is 4.34. The molecule has 170 valence electrons. The van der Waals surface area contributed by atoms with E-state index in [-0.39, 0.29) is 29.5 Å². The number of halogens is 1. The molecule has 0 saturated carbocycles. The Morgan fingerprint density at radius 3 is 2.06 bits per heavy atom. The van der Waals surface area contributed by atoms with E-state index in [2.05, 4.69) is 16.0 Å². The number of nitrogens with one attached hydrogen (secondary N) is 3. The molecule has 0 heterocycles. The molecule has 0 radical (unpaired) electrons. The number of anilines is 3. The van der Waals surface area contributed by atoms with E-state index in [0.29, 0.717) is 11.4 Å². The molecule has 0 aromatic heterocycles. The zero-order valence-corrected chi connectivity index (χ0v) is 17.8. The monoisotopic (exact) mass is 451 g/mol. The van der Waals surface area contributed by atoms with Gasteiger partial charge in [0, 0.05) is 18.5 Å². The normalized spacial score (nSPS) is 10.2. The van der Waals surface area contributed by atoms with Crippen molar-refractivity contribution in [3.63, 3.8) is 0 Å². The highest BCUT2D eigenvalue weighted by Crippen LogP contribution is 2.21. The highest BCUT2D eigenvalue weighted by molar-refractivity contribution is 6.06. The standard InChI is InChI=1S/C24H22FN3O5/c1-32-14-22(29)26-16-10-12-17(13-11-16)27-24(31)18-6-2-5-9-21(18)33-15-23(30)28-20-8-4-3-7-19(20)25/h2-13H,14-15H2,1H3,(H,26,29)(H,27,31)(H,28,30). The topological polar surface area (TPSA) is 106 Å². The van der Waals surface area contributed by atoms with E-state index < -0.39 is 24.2 Å². The molecule has 0 aliphatic rings. The molecule has 0 spiro atoms. The van der Waals surface area contributed by atoms with Crippen molar-refractivity contribution in [2.24, 2.45) is 0 Å². The van der Waals surface area contributed by atoms with Crippen LogP contribution in [-0.4, -0.2) is 38.0 Å². The van der Waals surface area contributed by atoms with E-state index >= 15 is 0 Å². The summed E-state index contributed by atoms with van der Waals surface area (Å²) in [7, 11) is 1.43. The zero-order chi connectivity index (χ0) is 23.6. The van der Waals surface area contributed by atoms with Crippen LogP contribution in [0.15, 0.2) is 72.8 Å². The van der Waals surface area contributed by atoms with Crippen molar-refractivity contribution in [1.82, 2.24) is 0 Å². The molecule has 0 aliphatic heterocycles. The maximum Gasteiger partial charge on any atom is 0.262 e. The van der Waals surface area contributed by atoms with Crippen molar-refractivity contribution in [1.29, 1.82) is 0 Å². The molecule has 0 fully saturated rings. The summed E-state index contributed by atoms with van der Waals surface area (Å²) in [5.41, 5.74) is 1.31. The predicted molar refractivity (Wildman–Crippen MR) is 122 cm³/mol. The van der Waals surface area contributed by atoms with Crippen molar-refractivity contribution in [2.75, 3.05) is 36.3 Å². The first-order valence-corrected chi connectivity index (χ1v) is 9.92. The Morgan fingerprint density at radius 1 is 0.758 bits per heavy atom. The predicted octanol–water partition coefficient (Wildman–Crippen LogP) is 3.68. The second-order valence-electron chi connectivity index (χ2n) is 6.83. The second kappa shape index (κ2) is 11.4. The molecule has 0 bridgehead atoms. The number of carbonyl (C=O) groups is 3. The highest BCUT2D eigenvalue weighted by atomic mass is 19.1. The minimum atomic E-state index is -0.568. The molecule has 0 saturated heterocycles. The molecule has 3 aromatic rings. The minimum Gasteiger partial charge on any atom is -0.483 e. The van der Waals surface area contributed by atoms with Gasteiger partial charge < -0.3 is 25.4 Å². The van der Waals surface area contributed by atoms with Crippen LogP contribution in [0.3, 0.4) is 0 Å². The maximum absolute atomic E-state index is 13.7. The lowest BCUT2D eigenvalue weighted by Crippen LogP contribution is -2.22. The third-order valence-electron chi connectivity index (χ3n) is 4.34. The average Bonchev–Trinajstić information content (AvgIpc) is 2.81. The smallest absolute Gasteiger partial charge is 0.262 e. The van der Waals surface area contributed by atoms with Gasteiger partial charge in [-0.15, -0.1) is 0 Å². The van der Waals surface area contributed by atoms with Crippen molar-refractivity contribution in [2.45, 2.75) is 0 Å². The summed E-state index contributed by atoms with van der Waals surface area (Å²) in [4.78, 5) is 36.4. The Hall–Kier alpha value is -4.24. The van der Waals surface area contributed by atoms with Gasteiger partial charge >= 0.3 is 0 Å². The number of carbonyl (C=O) groups excluding carboxylic acids is 3. The van der Waals surface area contributed by atoms with Crippen LogP contribution < -0.4 is 20.7 Å². The van der Waals surface area contributed by atoms with Crippen LogP contribution in [0.4, 0.5) is 21.5 Å². The Labute approximate surface area is 189 Å². The SMILES string of the molecule is COCC(=O)Nc1ccc(NC(=O)c2ccccc2OCC(=O)Nc2ccccc2F)cc1. The van der Waals surface area contributed by atoms with Gasteiger partial charge in [-0.2, -0.15) is 0 Å². The number of hydrogen-bond acceptors (Lipinski definition) is 5. The Morgan fingerprint density at radius 2 is 1.36 bits per heavy atom. The number of rotatable bonds is 9. The van der Waals surface area contributed by atoms with Crippen molar-refractivity contribution < 1.29 is 28.2 Å². The fourth-order valence-electron chi connectivity index (χ4n) is 2.84. The lowest BCUT2D eigenvalue weighted by molar-refractivity contribution is -0.119. The highest BCUT2D eigenvalue weighted by Gasteiger charge is 2.14. The van der Waals surface area contributed by atoms with Gasteiger partial charge in [-0.1, -0.05) is 24.3 Å². The molecular formula is C24H22FN3O5. The van der Waals surface area contributed by atoms with E-state index in [0.717, 1.165) is 0 Å². The van der Waals surface area contributed by atoms with Gasteiger partial charge in [0.15, 0.2) is 6.61 Å². The fourth-order valence-corrected chi connectivity index (χ4v) is 2.84. The van der Waals surface area contributed by atoms with Crippen LogP contribution in [-0.2, 0) is 14.3 Å². The summed E-state index contributed by atoms with van der Waals surface area (Å²) in [6.07, 6.45) is 0. The molecule has 0 aliphatic carbocycles. The van der Waals surface area contributed by atoms with Crippen LogP contribution >= 0.6 is 0 Å². The van der Waals surface area contributed by atoms with Crippen molar-refractivity contribution >= 4 is 34.8 Å². The lowest BCUT2D eigenvalue weighted by atomic mass is 10.1. The number of benzene rings is 3. The van der Waals surface area contributed by atoms with Crippen LogP contribution in [0, 0.1) is 5.82 Å². The van der Waals surface area contributed by atoms with Gasteiger partial charge in [0.25, 0.3) is 11.8 Å². The van der Waals surface area contributed by atoms with Crippen LogP contribution in [0.2, 0.25) is 0 Å². The Kier molecular flexibility index (Phi) is 8.09. The van der Waals surface area contributed by atoms with Crippen LogP contribution in [0.25, 0.3) is 0 Å². The van der Waals surface area contributed by atoms with Gasteiger partial charge in [0.05, 0.1) is 11.3 Å². The number of hydrogen-bond donors (Lipinski definition) is 3. The first kappa shape index (κ1) is 23.4. The van der Waals surface area contributed by atoms with Crippen molar-refractivity contribution in [3.05, 3.63) is 84.2 Å². The number of ether oxygens (including phenoxy) is 2. The summed E-state index contributed by atoms with van der Waals surface area (Å²) in [5.74, 6) is -1.67. The second-order valence-corrected chi connectivity index (χ2v) is 6.83. The van der Waals surface area contributed by atoms with Crippen LogP contribution in [0.1, 0.15) is 10.4 Å². The number of amides is 3.